The predicted molar refractivity (Wildman–Crippen MR) is 106 cm³/mol. The second-order valence-corrected chi connectivity index (χ2v) is 8.01. The smallest absolute Gasteiger partial charge is 0.287 e. The van der Waals surface area contributed by atoms with Gasteiger partial charge in [-0.25, -0.2) is 4.98 Å². The quantitative estimate of drug-likeness (QED) is 0.538. The van der Waals surface area contributed by atoms with Crippen molar-refractivity contribution in [3.63, 3.8) is 0 Å². The van der Waals surface area contributed by atoms with Crippen LogP contribution in [0.3, 0.4) is 0 Å². The third kappa shape index (κ3) is 4.78. The maximum absolute atomic E-state index is 12.4. The normalized spacial score (nSPS) is 12.0. The van der Waals surface area contributed by atoms with Crippen LogP contribution >= 0.6 is 23.1 Å². The van der Waals surface area contributed by atoms with E-state index in [9.17, 15) is 9.59 Å². The molecular formula is C17H20N6O3S2. The number of hydrogen-bond donors (Lipinski definition) is 2. The van der Waals surface area contributed by atoms with Gasteiger partial charge in [0.05, 0.1) is 23.8 Å². The minimum absolute atomic E-state index is 0.155. The van der Waals surface area contributed by atoms with Crippen molar-refractivity contribution in [2.24, 2.45) is 0 Å². The first-order chi connectivity index (χ1) is 13.5. The van der Waals surface area contributed by atoms with E-state index >= 15 is 0 Å². The van der Waals surface area contributed by atoms with Crippen LogP contribution in [0, 0.1) is 6.92 Å². The molecule has 11 heteroatoms. The van der Waals surface area contributed by atoms with E-state index in [1.807, 2.05) is 23.8 Å². The fourth-order valence-corrected chi connectivity index (χ4v) is 3.96. The van der Waals surface area contributed by atoms with Gasteiger partial charge >= 0.3 is 0 Å². The highest BCUT2D eigenvalue weighted by Crippen LogP contribution is 2.24. The highest BCUT2D eigenvalue weighted by molar-refractivity contribution is 8.00. The van der Waals surface area contributed by atoms with Crippen molar-refractivity contribution in [2.75, 3.05) is 5.32 Å². The molecule has 3 heterocycles. The van der Waals surface area contributed by atoms with Crippen LogP contribution in [-0.4, -0.2) is 36.8 Å². The number of anilines is 1. The number of thioether (sulfide) groups is 1. The standard InChI is InChI=1S/C17H20N6O3S2/c1-4-23-13(8-18-15(25)12-6-5-7-26-12)21-22-17(23)28-11(3)14(24)20-16-19-10(2)9-27-16/h5-7,9,11H,4,8H2,1-3H3,(H,18,25)(H,19,20,24)/t11-/m1/s1. The lowest BCUT2D eigenvalue weighted by Gasteiger charge is -2.11. The molecule has 0 aliphatic carbocycles. The van der Waals surface area contributed by atoms with E-state index < -0.39 is 0 Å². The molecule has 148 valence electrons. The van der Waals surface area contributed by atoms with Gasteiger partial charge in [0.25, 0.3) is 5.91 Å². The fourth-order valence-electron chi connectivity index (χ4n) is 2.34. The van der Waals surface area contributed by atoms with E-state index in [2.05, 4.69) is 25.8 Å². The van der Waals surface area contributed by atoms with Gasteiger partial charge in [-0.2, -0.15) is 0 Å². The summed E-state index contributed by atoms with van der Waals surface area (Å²) in [6, 6.07) is 3.24. The number of nitrogens with zero attached hydrogens (tertiary/aromatic N) is 4. The molecule has 0 aliphatic rings. The Balaban J connectivity index is 1.60. The number of carbonyl (C=O) groups excluding carboxylic acids is 2. The van der Waals surface area contributed by atoms with Gasteiger partial charge in [-0.1, -0.05) is 11.8 Å². The summed E-state index contributed by atoms with van der Waals surface area (Å²) < 4.78 is 6.93. The Labute approximate surface area is 169 Å². The summed E-state index contributed by atoms with van der Waals surface area (Å²) in [4.78, 5) is 28.6. The van der Waals surface area contributed by atoms with E-state index in [1.54, 1.807) is 19.1 Å². The Morgan fingerprint density at radius 1 is 1.39 bits per heavy atom. The molecule has 2 amide bonds. The summed E-state index contributed by atoms with van der Waals surface area (Å²) in [6.45, 7) is 6.45. The van der Waals surface area contributed by atoms with Crippen molar-refractivity contribution in [3.05, 3.63) is 41.1 Å². The summed E-state index contributed by atoms with van der Waals surface area (Å²) >= 11 is 2.69. The van der Waals surface area contributed by atoms with Crippen LogP contribution in [0.1, 0.15) is 35.9 Å². The lowest BCUT2D eigenvalue weighted by Crippen LogP contribution is -2.25. The van der Waals surface area contributed by atoms with E-state index in [0.717, 1.165) is 5.69 Å². The summed E-state index contributed by atoms with van der Waals surface area (Å²) in [5.74, 6) is 0.363. The molecule has 0 bridgehead atoms. The third-order valence-electron chi connectivity index (χ3n) is 3.76. The van der Waals surface area contributed by atoms with Gasteiger partial charge in [0.2, 0.25) is 5.91 Å². The number of furan rings is 1. The highest BCUT2D eigenvalue weighted by Gasteiger charge is 2.21. The highest BCUT2D eigenvalue weighted by atomic mass is 32.2. The molecule has 0 saturated heterocycles. The van der Waals surface area contributed by atoms with Gasteiger partial charge in [0.1, 0.15) is 0 Å². The Morgan fingerprint density at radius 2 is 2.21 bits per heavy atom. The minimum Gasteiger partial charge on any atom is -0.459 e. The average Bonchev–Trinajstić information content (AvgIpc) is 3.41. The van der Waals surface area contributed by atoms with Crippen molar-refractivity contribution in [1.29, 1.82) is 0 Å². The molecule has 0 aromatic carbocycles. The Hall–Kier alpha value is -2.66. The third-order valence-corrected chi connectivity index (χ3v) is 5.72. The number of carbonyl (C=O) groups is 2. The van der Waals surface area contributed by atoms with Crippen LogP contribution < -0.4 is 10.6 Å². The maximum Gasteiger partial charge on any atom is 0.287 e. The van der Waals surface area contributed by atoms with E-state index in [-0.39, 0.29) is 29.4 Å². The first-order valence-corrected chi connectivity index (χ1v) is 10.4. The molecule has 3 rings (SSSR count). The van der Waals surface area contributed by atoms with Crippen molar-refractivity contribution in [1.82, 2.24) is 25.1 Å². The summed E-state index contributed by atoms with van der Waals surface area (Å²) in [5.41, 5.74) is 0.868. The van der Waals surface area contributed by atoms with Crippen LogP contribution in [0.2, 0.25) is 0 Å². The van der Waals surface area contributed by atoms with Crippen molar-refractivity contribution in [2.45, 2.75) is 44.3 Å². The maximum atomic E-state index is 12.4. The second-order valence-electron chi connectivity index (χ2n) is 5.85. The molecule has 0 unspecified atom stereocenters. The number of amides is 2. The van der Waals surface area contributed by atoms with Gasteiger partial charge in [-0.05, 0) is 32.9 Å². The van der Waals surface area contributed by atoms with Crippen molar-refractivity contribution >= 4 is 40.0 Å². The summed E-state index contributed by atoms with van der Waals surface area (Å²) in [5, 5.41) is 16.6. The predicted octanol–water partition coefficient (Wildman–Crippen LogP) is 2.71. The molecule has 0 aliphatic heterocycles. The van der Waals surface area contributed by atoms with Crippen LogP contribution in [0.4, 0.5) is 5.13 Å². The van der Waals surface area contributed by atoms with Gasteiger partial charge in [0.15, 0.2) is 21.9 Å². The summed E-state index contributed by atoms with van der Waals surface area (Å²) in [7, 11) is 0. The Bertz CT molecular complexity index is 950. The largest absolute Gasteiger partial charge is 0.459 e. The van der Waals surface area contributed by atoms with Crippen molar-refractivity contribution in [3.8, 4) is 0 Å². The zero-order valence-electron chi connectivity index (χ0n) is 15.6. The minimum atomic E-state index is -0.385. The number of hydrogen-bond acceptors (Lipinski definition) is 8. The molecule has 0 radical (unpaired) electrons. The van der Waals surface area contributed by atoms with Gasteiger partial charge in [-0.15, -0.1) is 21.5 Å². The van der Waals surface area contributed by atoms with E-state index in [1.165, 1.54) is 29.4 Å². The molecule has 9 nitrogen and oxygen atoms in total. The van der Waals surface area contributed by atoms with Crippen LogP contribution in [0.5, 0.6) is 0 Å². The van der Waals surface area contributed by atoms with Gasteiger partial charge in [0, 0.05) is 11.9 Å². The Morgan fingerprint density at radius 3 is 2.86 bits per heavy atom. The molecular weight excluding hydrogens is 400 g/mol. The molecule has 0 saturated carbocycles. The molecule has 3 aromatic rings. The lowest BCUT2D eigenvalue weighted by atomic mass is 10.4. The van der Waals surface area contributed by atoms with E-state index in [0.29, 0.717) is 22.7 Å². The number of rotatable bonds is 8. The first kappa shape index (κ1) is 20.1. The Kier molecular flexibility index (Phi) is 6.47. The fraction of sp³-hybridized carbons (Fsp3) is 0.353. The number of thiazole rings is 1. The molecule has 3 aromatic heterocycles. The van der Waals surface area contributed by atoms with Crippen molar-refractivity contribution < 1.29 is 14.0 Å². The number of nitrogens with one attached hydrogen (secondary N) is 2. The molecule has 0 fully saturated rings. The zero-order chi connectivity index (χ0) is 20.1. The van der Waals surface area contributed by atoms with Crippen LogP contribution in [-0.2, 0) is 17.9 Å². The number of aryl methyl sites for hydroxylation is 1. The van der Waals surface area contributed by atoms with Gasteiger partial charge < -0.3 is 19.6 Å². The molecule has 0 spiro atoms. The molecule has 28 heavy (non-hydrogen) atoms. The lowest BCUT2D eigenvalue weighted by molar-refractivity contribution is -0.115. The van der Waals surface area contributed by atoms with Crippen LogP contribution in [0.15, 0.2) is 33.3 Å². The second kappa shape index (κ2) is 9.02. The zero-order valence-corrected chi connectivity index (χ0v) is 17.3. The molecule has 2 N–H and O–H groups in total. The SMILES string of the molecule is CCn1c(CNC(=O)c2ccco2)nnc1S[C@H](C)C(=O)Nc1nc(C)cs1. The average molecular weight is 421 g/mol. The monoisotopic (exact) mass is 420 g/mol. The van der Waals surface area contributed by atoms with E-state index in [4.69, 9.17) is 4.42 Å². The number of aromatic nitrogens is 4. The first-order valence-electron chi connectivity index (χ1n) is 8.61. The molecule has 1 atom stereocenters. The summed E-state index contributed by atoms with van der Waals surface area (Å²) in [6.07, 6.45) is 1.44. The van der Waals surface area contributed by atoms with Gasteiger partial charge in [-0.3, -0.25) is 9.59 Å². The van der Waals surface area contributed by atoms with Crippen LogP contribution in [0.25, 0.3) is 0 Å². The topological polar surface area (TPSA) is 115 Å².